The van der Waals surface area contributed by atoms with Crippen LogP contribution < -0.4 is 5.32 Å². The summed E-state index contributed by atoms with van der Waals surface area (Å²) in [5.41, 5.74) is 0.384. The van der Waals surface area contributed by atoms with Gasteiger partial charge in [-0.2, -0.15) is 0 Å². The fraction of sp³-hybridized carbons (Fsp3) is 0.538. The van der Waals surface area contributed by atoms with Crippen molar-refractivity contribution in [2.45, 2.75) is 19.4 Å². The Labute approximate surface area is 113 Å². The molecule has 106 valence electrons. The molecule has 0 aliphatic carbocycles. The van der Waals surface area contributed by atoms with Gasteiger partial charge in [0.05, 0.1) is 0 Å². The minimum Gasteiger partial charge on any atom is -0.480 e. The van der Waals surface area contributed by atoms with Crippen LogP contribution in [-0.4, -0.2) is 53.6 Å². The lowest BCUT2D eigenvalue weighted by atomic mass is 10.3. The second-order valence-corrected chi connectivity index (χ2v) is 4.68. The second kappa shape index (κ2) is 7.58. The van der Waals surface area contributed by atoms with Crippen LogP contribution in [0.15, 0.2) is 18.3 Å². The molecule has 0 aliphatic rings. The van der Waals surface area contributed by atoms with Gasteiger partial charge in [0.25, 0.3) is 5.91 Å². The van der Waals surface area contributed by atoms with Crippen LogP contribution in [0.2, 0.25) is 0 Å². The number of hydrogen-bond donors (Lipinski definition) is 2. The molecular weight excluding hydrogens is 246 g/mol. The maximum Gasteiger partial charge on any atom is 0.323 e. The van der Waals surface area contributed by atoms with Crippen molar-refractivity contribution in [3.8, 4) is 0 Å². The molecule has 0 bridgehead atoms. The lowest BCUT2D eigenvalue weighted by Gasteiger charge is -2.10. The highest BCUT2D eigenvalue weighted by molar-refractivity contribution is 5.93. The normalized spacial score (nSPS) is 10.7. The van der Waals surface area contributed by atoms with Crippen molar-refractivity contribution < 1.29 is 14.7 Å². The molecule has 0 radical (unpaired) electrons. The third-order valence-electron chi connectivity index (χ3n) is 2.69. The van der Waals surface area contributed by atoms with E-state index in [1.54, 1.807) is 18.3 Å². The summed E-state index contributed by atoms with van der Waals surface area (Å²) in [5, 5.41) is 11.5. The molecule has 1 rings (SSSR count). The molecule has 6 heteroatoms. The SMILES string of the molecule is CN(C)CCCCNC(=O)c1cccn1CC(=O)O. The number of carbonyl (C=O) groups is 2. The predicted molar refractivity (Wildman–Crippen MR) is 72.2 cm³/mol. The number of carbonyl (C=O) groups excluding carboxylic acids is 1. The molecule has 0 aromatic carbocycles. The number of amides is 1. The highest BCUT2D eigenvalue weighted by atomic mass is 16.4. The summed E-state index contributed by atoms with van der Waals surface area (Å²) in [6.45, 7) is 1.40. The first-order valence-corrected chi connectivity index (χ1v) is 6.30. The third-order valence-corrected chi connectivity index (χ3v) is 2.69. The van der Waals surface area contributed by atoms with E-state index in [0.29, 0.717) is 12.2 Å². The van der Waals surface area contributed by atoms with Crippen molar-refractivity contribution in [1.29, 1.82) is 0 Å². The molecule has 0 saturated heterocycles. The smallest absolute Gasteiger partial charge is 0.323 e. The van der Waals surface area contributed by atoms with Crippen molar-refractivity contribution in [1.82, 2.24) is 14.8 Å². The second-order valence-electron chi connectivity index (χ2n) is 4.68. The highest BCUT2D eigenvalue weighted by Crippen LogP contribution is 2.02. The van der Waals surface area contributed by atoms with Crippen molar-refractivity contribution in [3.05, 3.63) is 24.0 Å². The minimum absolute atomic E-state index is 0.198. The number of aromatic nitrogens is 1. The lowest BCUT2D eigenvalue weighted by molar-refractivity contribution is -0.137. The van der Waals surface area contributed by atoms with Crippen molar-refractivity contribution in [2.24, 2.45) is 0 Å². The van der Waals surface area contributed by atoms with Crippen LogP contribution in [0.1, 0.15) is 23.3 Å². The van der Waals surface area contributed by atoms with Gasteiger partial charge in [-0.05, 0) is 45.6 Å². The van der Waals surface area contributed by atoms with E-state index in [1.807, 2.05) is 14.1 Å². The Bertz CT molecular complexity index is 427. The van der Waals surface area contributed by atoms with Crippen LogP contribution in [0.25, 0.3) is 0 Å². The van der Waals surface area contributed by atoms with Crippen molar-refractivity contribution >= 4 is 11.9 Å². The van der Waals surface area contributed by atoms with E-state index in [4.69, 9.17) is 5.11 Å². The molecule has 1 aromatic heterocycles. The van der Waals surface area contributed by atoms with Gasteiger partial charge in [0.2, 0.25) is 0 Å². The van der Waals surface area contributed by atoms with Gasteiger partial charge in [0.1, 0.15) is 12.2 Å². The Morgan fingerprint density at radius 1 is 1.37 bits per heavy atom. The van der Waals surface area contributed by atoms with Gasteiger partial charge in [-0.1, -0.05) is 0 Å². The summed E-state index contributed by atoms with van der Waals surface area (Å²) in [7, 11) is 4.02. The molecule has 0 aliphatic heterocycles. The van der Waals surface area contributed by atoms with E-state index in [0.717, 1.165) is 19.4 Å². The molecule has 19 heavy (non-hydrogen) atoms. The van der Waals surface area contributed by atoms with Crippen LogP contribution in [0.5, 0.6) is 0 Å². The molecule has 1 amide bonds. The summed E-state index contributed by atoms with van der Waals surface area (Å²) in [5.74, 6) is -1.19. The van der Waals surface area contributed by atoms with Crippen molar-refractivity contribution in [2.75, 3.05) is 27.2 Å². The monoisotopic (exact) mass is 267 g/mol. The standard InChI is InChI=1S/C13H21N3O3/c1-15(2)8-4-3-7-14-13(19)11-6-5-9-16(11)10-12(17)18/h5-6,9H,3-4,7-8,10H2,1-2H3,(H,14,19)(H,17,18). The number of unbranched alkanes of at least 4 members (excludes halogenated alkanes) is 1. The number of nitrogens with zero attached hydrogens (tertiary/aromatic N) is 2. The summed E-state index contributed by atoms with van der Waals surface area (Å²) in [6, 6.07) is 3.29. The van der Waals surface area contributed by atoms with E-state index in [2.05, 4.69) is 10.2 Å². The van der Waals surface area contributed by atoms with Gasteiger partial charge < -0.3 is 19.9 Å². The maximum absolute atomic E-state index is 11.9. The van der Waals surface area contributed by atoms with E-state index in [-0.39, 0.29) is 12.5 Å². The zero-order valence-electron chi connectivity index (χ0n) is 11.4. The fourth-order valence-electron chi connectivity index (χ4n) is 1.75. The van der Waals surface area contributed by atoms with E-state index in [1.165, 1.54) is 4.57 Å². The Hall–Kier alpha value is -1.82. The van der Waals surface area contributed by atoms with Gasteiger partial charge >= 0.3 is 5.97 Å². The average Bonchev–Trinajstić information content (AvgIpc) is 2.75. The molecule has 0 saturated carbocycles. The average molecular weight is 267 g/mol. The van der Waals surface area contributed by atoms with Crippen LogP contribution in [0.3, 0.4) is 0 Å². The van der Waals surface area contributed by atoms with E-state index >= 15 is 0 Å². The predicted octanol–water partition coefficient (Wildman–Crippen LogP) is 0.644. The van der Waals surface area contributed by atoms with Gasteiger partial charge in [0.15, 0.2) is 0 Å². The van der Waals surface area contributed by atoms with Gasteiger partial charge in [-0.15, -0.1) is 0 Å². The van der Waals surface area contributed by atoms with Crippen molar-refractivity contribution in [3.63, 3.8) is 0 Å². The summed E-state index contributed by atoms with van der Waals surface area (Å²) < 4.78 is 1.43. The Kier molecular flexibility index (Phi) is 6.08. The maximum atomic E-state index is 11.9. The minimum atomic E-state index is -0.962. The summed E-state index contributed by atoms with van der Waals surface area (Å²) in [6.07, 6.45) is 3.52. The number of nitrogens with one attached hydrogen (secondary N) is 1. The zero-order valence-corrected chi connectivity index (χ0v) is 11.4. The Morgan fingerprint density at radius 2 is 2.11 bits per heavy atom. The van der Waals surface area contributed by atoms with Gasteiger partial charge in [-0.25, -0.2) is 0 Å². The Balaban J connectivity index is 2.37. The third kappa shape index (κ3) is 5.56. The molecule has 0 fully saturated rings. The largest absolute Gasteiger partial charge is 0.480 e. The first kappa shape index (κ1) is 15.2. The number of carboxylic acids is 1. The molecule has 1 aromatic rings. The Morgan fingerprint density at radius 3 is 2.74 bits per heavy atom. The van der Waals surface area contributed by atoms with Gasteiger partial charge in [-0.3, -0.25) is 9.59 Å². The topological polar surface area (TPSA) is 74.6 Å². The number of aliphatic carboxylic acids is 1. The molecular formula is C13H21N3O3. The van der Waals surface area contributed by atoms with Gasteiger partial charge in [0, 0.05) is 12.7 Å². The summed E-state index contributed by atoms with van der Waals surface area (Å²) in [4.78, 5) is 24.6. The molecule has 0 atom stereocenters. The number of rotatable bonds is 8. The first-order valence-electron chi connectivity index (χ1n) is 6.30. The van der Waals surface area contributed by atoms with E-state index in [9.17, 15) is 9.59 Å². The molecule has 0 spiro atoms. The zero-order chi connectivity index (χ0) is 14.3. The van der Waals surface area contributed by atoms with Crippen LogP contribution in [0, 0.1) is 0 Å². The fourth-order valence-corrected chi connectivity index (χ4v) is 1.75. The van der Waals surface area contributed by atoms with Crippen LogP contribution >= 0.6 is 0 Å². The molecule has 1 heterocycles. The summed E-state index contributed by atoms with van der Waals surface area (Å²) >= 11 is 0. The molecule has 6 nitrogen and oxygen atoms in total. The van der Waals surface area contributed by atoms with Crippen LogP contribution in [-0.2, 0) is 11.3 Å². The molecule has 0 unspecified atom stereocenters. The lowest BCUT2D eigenvalue weighted by Crippen LogP contribution is -2.28. The quantitative estimate of drug-likeness (QED) is 0.678. The molecule has 2 N–H and O–H groups in total. The number of carboxylic acid groups (broad SMARTS) is 1. The highest BCUT2D eigenvalue weighted by Gasteiger charge is 2.11. The van der Waals surface area contributed by atoms with E-state index < -0.39 is 5.97 Å². The number of hydrogen-bond acceptors (Lipinski definition) is 3. The first-order chi connectivity index (χ1) is 9.00. The van der Waals surface area contributed by atoms with Crippen LogP contribution in [0.4, 0.5) is 0 Å².